The second-order valence-corrected chi connectivity index (χ2v) is 5.83. The molecular formula is C15H31NO. The van der Waals surface area contributed by atoms with Gasteiger partial charge in [-0.05, 0) is 31.6 Å². The lowest BCUT2D eigenvalue weighted by molar-refractivity contribution is -0.0294. The molecule has 17 heavy (non-hydrogen) atoms. The standard InChI is InChI=1S/C15H31NO/c1-6-8-9-10-11-12-13(16)14(17-7-2)15(3,4)5/h6,13-14H,1,7-12,16H2,2-5H3. The minimum Gasteiger partial charge on any atom is -0.376 e. The summed E-state index contributed by atoms with van der Waals surface area (Å²) >= 11 is 0. The quantitative estimate of drug-likeness (QED) is 0.491. The van der Waals surface area contributed by atoms with Crippen LogP contribution in [0.3, 0.4) is 0 Å². The molecular weight excluding hydrogens is 210 g/mol. The van der Waals surface area contributed by atoms with Crippen LogP contribution in [-0.2, 0) is 4.74 Å². The van der Waals surface area contributed by atoms with Gasteiger partial charge in [0.25, 0.3) is 0 Å². The third kappa shape index (κ3) is 7.56. The lowest BCUT2D eigenvalue weighted by atomic mass is 9.83. The van der Waals surface area contributed by atoms with Crippen LogP contribution in [0.1, 0.15) is 59.8 Å². The molecule has 0 saturated heterocycles. The Kier molecular flexibility index (Phi) is 8.53. The molecule has 2 unspecified atom stereocenters. The Morgan fingerprint density at radius 1 is 1.24 bits per heavy atom. The number of rotatable bonds is 9. The molecule has 2 N–H and O–H groups in total. The van der Waals surface area contributed by atoms with Gasteiger partial charge in [0, 0.05) is 12.6 Å². The smallest absolute Gasteiger partial charge is 0.0773 e. The normalized spacial score (nSPS) is 15.6. The fourth-order valence-corrected chi connectivity index (χ4v) is 2.19. The number of allylic oxidation sites excluding steroid dienone is 1. The highest BCUT2D eigenvalue weighted by Gasteiger charge is 2.30. The van der Waals surface area contributed by atoms with Gasteiger partial charge in [-0.2, -0.15) is 0 Å². The van der Waals surface area contributed by atoms with E-state index in [9.17, 15) is 0 Å². The highest BCUT2D eigenvalue weighted by atomic mass is 16.5. The molecule has 0 spiro atoms. The first-order valence-corrected chi connectivity index (χ1v) is 6.91. The second kappa shape index (κ2) is 8.71. The molecule has 0 saturated carbocycles. The van der Waals surface area contributed by atoms with E-state index >= 15 is 0 Å². The lowest BCUT2D eigenvalue weighted by Crippen LogP contribution is -2.45. The summed E-state index contributed by atoms with van der Waals surface area (Å²) in [5.41, 5.74) is 6.38. The summed E-state index contributed by atoms with van der Waals surface area (Å²) in [4.78, 5) is 0. The first-order chi connectivity index (χ1) is 7.93. The van der Waals surface area contributed by atoms with Crippen molar-refractivity contribution in [1.82, 2.24) is 0 Å². The molecule has 0 aliphatic heterocycles. The Morgan fingerprint density at radius 2 is 1.88 bits per heavy atom. The summed E-state index contributed by atoms with van der Waals surface area (Å²) in [7, 11) is 0. The minimum atomic E-state index is 0.122. The number of hydrogen-bond donors (Lipinski definition) is 1. The molecule has 0 heterocycles. The summed E-state index contributed by atoms with van der Waals surface area (Å²) in [5.74, 6) is 0. The number of ether oxygens (including phenoxy) is 1. The Bertz CT molecular complexity index is 196. The number of hydrogen-bond acceptors (Lipinski definition) is 2. The maximum absolute atomic E-state index is 6.26. The molecule has 0 fully saturated rings. The predicted octanol–water partition coefficient (Wildman–Crippen LogP) is 3.90. The molecule has 0 bridgehead atoms. The molecule has 0 amide bonds. The van der Waals surface area contributed by atoms with Crippen molar-refractivity contribution < 1.29 is 4.74 Å². The zero-order chi connectivity index (χ0) is 13.3. The topological polar surface area (TPSA) is 35.2 Å². The third-order valence-corrected chi connectivity index (χ3v) is 3.03. The lowest BCUT2D eigenvalue weighted by Gasteiger charge is -2.35. The van der Waals surface area contributed by atoms with Crippen molar-refractivity contribution in [2.75, 3.05) is 6.61 Å². The average molecular weight is 241 g/mol. The van der Waals surface area contributed by atoms with Crippen molar-refractivity contribution in [3.63, 3.8) is 0 Å². The molecule has 2 nitrogen and oxygen atoms in total. The van der Waals surface area contributed by atoms with Crippen LogP contribution in [0.5, 0.6) is 0 Å². The zero-order valence-electron chi connectivity index (χ0n) is 12.2. The fraction of sp³-hybridized carbons (Fsp3) is 0.867. The van der Waals surface area contributed by atoms with Crippen LogP contribution in [0.4, 0.5) is 0 Å². The van der Waals surface area contributed by atoms with Crippen LogP contribution < -0.4 is 5.73 Å². The van der Waals surface area contributed by atoms with Gasteiger partial charge in [0.05, 0.1) is 6.10 Å². The molecule has 0 aromatic carbocycles. The van der Waals surface area contributed by atoms with Crippen molar-refractivity contribution in [1.29, 1.82) is 0 Å². The van der Waals surface area contributed by atoms with Crippen molar-refractivity contribution in [3.05, 3.63) is 12.7 Å². The SMILES string of the molecule is C=CCCCCCC(N)C(OCC)C(C)(C)C. The highest BCUT2D eigenvalue weighted by Crippen LogP contribution is 2.26. The minimum absolute atomic E-state index is 0.122. The average Bonchev–Trinajstić information content (AvgIpc) is 2.23. The van der Waals surface area contributed by atoms with Gasteiger partial charge in [-0.25, -0.2) is 0 Å². The van der Waals surface area contributed by atoms with Crippen molar-refractivity contribution in [3.8, 4) is 0 Å². The van der Waals surface area contributed by atoms with Gasteiger partial charge in [-0.15, -0.1) is 6.58 Å². The number of unbranched alkanes of at least 4 members (excludes halogenated alkanes) is 3. The van der Waals surface area contributed by atoms with Gasteiger partial charge in [0.2, 0.25) is 0 Å². The molecule has 0 aliphatic rings. The van der Waals surface area contributed by atoms with Gasteiger partial charge < -0.3 is 10.5 Å². The molecule has 2 atom stereocenters. The monoisotopic (exact) mass is 241 g/mol. The van der Waals surface area contributed by atoms with Crippen LogP contribution in [-0.4, -0.2) is 18.8 Å². The second-order valence-electron chi connectivity index (χ2n) is 5.83. The van der Waals surface area contributed by atoms with Gasteiger partial charge in [-0.3, -0.25) is 0 Å². The summed E-state index contributed by atoms with van der Waals surface area (Å²) in [6, 6.07) is 0.152. The van der Waals surface area contributed by atoms with E-state index < -0.39 is 0 Å². The maximum Gasteiger partial charge on any atom is 0.0773 e. The summed E-state index contributed by atoms with van der Waals surface area (Å²) < 4.78 is 5.81. The largest absolute Gasteiger partial charge is 0.376 e. The zero-order valence-corrected chi connectivity index (χ0v) is 12.2. The first-order valence-electron chi connectivity index (χ1n) is 6.91. The molecule has 102 valence electrons. The van der Waals surface area contributed by atoms with Crippen molar-refractivity contribution in [2.24, 2.45) is 11.1 Å². The fourth-order valence-electron chi connectivity index (χ4n) is 2.19. The van der Waals surface area contributed by atoms with E-state index in [0.717, 1.165) is 19.4 Å². The summed E-state index contributed by atoms with van der Waals surface area (Å²) in [6.45, 7) is 13.1. The molecule has 0 rings (SSSR count). The highest BCUT2D eigenvalue weighted by molar-refractivity contribution is 4.84. The predicted molar refractivity (Wildman–Crippen MR) is 76.1 cm³/mol. The van der Waals surface area contributed by atoms with E-state index in [1.165, 1.54) is 19.3 Å². The van der Waals surface area contributed by atoms with Crippen LogP contribution >= 0.6 is 0 Å². The van der Waals surface area contributed by atoms with E-state index in [0.29, 0.717) is 0 Å². The Morgan fingerprint density at radius 3 is 2.35 bits per heavy atom. The molecule has 0 aliphatic carbocycles. The van der Waals surface area contributed by atoms with Crippen LogP contribution in [0, 0.1) is 5.41 Å². The van der Waals surface area contributed by atoms with Crippen molar-refractivity contribution in [2.45, 2.75) is 71.9 Å². The van der Waals surface area contributed by atoms with E-state index in [1.807, 2.05) is 13.0 Å². The van der Waals surface area contributed by atoms with Crippen molar-refractivity contribution >= 4 is 0 Å². The van der Waals surface area contributed by atoms with E-state index in [2.05, 4.69) is 27.4 Å². The molecule has 0 radical (unpaired) electrons. The first kappa shape index (κ1) is 16.7. The van der Waals surface area contributed by atoms with Gasteiger partial charge >= 0.3 is 0 Å². The van der Waals surface area contributed by atoms with Crippen LogP contribution in [0.2, 0.25) is 0 Å². The third-order valence-electron chi connectivity index (χ3n) is 3.03. The Labute approximate surface area is 108 Å². The van der Waals surface area contributed by atoms with E-state index in [4.69, 9.17) is 10.5 Å². The summed E-state index contributed by atoms with van der Waals surface area (Å²) in [6.07, 6.45) is 7.97. The van der Waals surface area contributed by atoms with Gasteiger partial charge in [0.15, 0.2) is 0 Å². The Balaban J connectivity index is 3.97. The van der Waals surface area contributed by atoms with E-state index in [1.54, 1.807) is 0 Å². The maximum atomic E-state index is 6.26. The van der Waals surface area contributed by atoms with Gasteiger partial charge in [0.1, 0.15) is 0 Å². The molecule has 2 heteroatoms. The molecule has 0 aromatic rings. The Hall–Kier alpha value is -0.340. The van der Waals surface area contributed by atoms with Crippen LogP contribution in [0.15, 0.2) is 12.7 Å². The molecule has 0 aromatic heterocycles. The van der Waals surface area contributed by atoms with E-state index in [-0.39, 0.29) is 17.6 Å². The van der Waals surface area contributed by atoms with Crippen LogP contribution in [0.25, 0.3) is 0 Å². The summed E-state index contributed by atoms with van der Waals surface area (Å²) in [5, 5.41) is 0. The number of nitrogens with two attached hydrogens (primary N) is 1. The van der Waals surface area contributed by atoms with Gasteiger partial charge in [-0.1, -0.05) is 39.7 Å².